The number of esters is 1. The van der Waals surface area contributed by atoms with Crippen LogP contribution in [0, 0.1) is 0 Å². The largest absolute Gasteiger partial charge is 0.480 e. The normalized spacial score (nSPS) is 15.0. The molecule has 0 aliphatic rings. The maximum atomic E-state index is 12.1. The van der Waals surface area contributed by atoms with E-state index in [1.54, 1.807) is 6.92 Å². The molecule has 6 heteroatoms. The Kier molecular flexibility index (Phi) is 7.66. The lowest BCUT2D eigenvalue weighted by molar-refractivity contribution is -0.147. The SMILES string of the molecule is CC(I)OC(=O)C(CCc1ccccc1)NC(C)C(=O)O. The zero-order chi connectivity index (χ0) is 15.8. The number of carboxylic acids is 1. The number of benzene rings is 1. The maximum Gasteiger partial charge on any atom is 0.324 e. The van der Waals surface area contributed by atoms with Crippen LogP contribution < -0.4 is 5.32 Å². The first-order valence-electron chi connectivity index (χ1n) is 6.77. The minimum atomic E-state index is -0.991. The van der Waals surface area contributed by atoms with Crippen LogP contribution in [0.1, 0.15) is 25.8 Å². The second-order valence-electron chi connectivity index (χ2n) is 4.78. The van der Waals surface area contributed by atoms with Crippen LogP contribution in [0.5, 0.6) is 0 Å². The molecule has 0 fully saturated rings. The summed E-state index contributed by atoms with van der Waals surface area (Å²) in [6.45, 7) is 3.27. The summed E-state index contributed by atoms with van der Waals surface area (Å²) >= 11 is 1.99. The van der Waals surface area contributed by atoms with Crippen LogP contribution >= 0.6 is 22.6 Å². The quantitative estimate of drug-likeness (QED) is 0.395. The number of halogens is 1. The molecule has 0 aromatic heterocycles. The number of aryl methyl sites for hydroxylation is 1. The van der Waals surface area contributed by atoms with Crippen molar-refractivity contribution < 1.29 is 19.4 Å². The van der Waals surface area contributed by atoms with Gasteiger partial charge in [-0.05, 0) is 54.8 Å². The zero-order valence-electron chi connectivity index (χ0n) is 12.1. The Morgan fingerprint density at radius 3 is 2.43 bits per heavy atom. The molecule has 1 rings (SSSR count). The minimum absolute atomic E-state index is 0.253. The number of aliphatic carboxylic acids is 1. The van der Waals surface area contributed by atoms with Crippen LogP contribution in [0.2, 0.25) is 0 Å². The van der Waals surface area contributed by atoms with Gasteiger partial charge in [0.1, 0.15) is 16.2 Å². The molecule has 5 nitrogen and oxygen atoms in total. The topological polar surface area (TPSA) is 75.6 Å². The Morgan fingerprint density at radius 2 is 1.90 bits per heavy atom. The lowest BCUT2D eigenvalue weighted by atomic mass is 10.0. The van der Waals surface area contributed by atoms with E-state index in [0.29, 0.717) is 12.8 Å². The number of rotatable bonds is 8. The minimum Gasteiger partial charge on any atom is -0.480 e. The Morgan fingerprint density at radius 1 is 1.29 bits per heavy atom. The van der Waals surface area contributed by atoms with Gasteiger partial charge in [0.05, 0.1) is 0 Å². The Hall–Kier alpha value is -1.15. The van der Waals surface area contributed by atoms with Crippen molar-refractivity contribution in [2.45, 2.75) is 42.9 Å². The first-order chi connectivity index (χ1) is 9.90. The molecule has 1 aromatic rings. The molecule has 3 atom stereocenters. The monoisotopic (exact) mass is 405 g/mol. The van der Waals surface area contributed by atoms with E-state index in [0.717, 1.165) is 5.56 Å². The molecule has 0 bridgehead atoms. The highest BCUT2D eigenvalue weighted by atomic mass is 127. The summed E-state index contributed by atoms with van der Waals surface area (Å²) in [5.74, 6) is -1.41. The summed E-state index contributed by atoms with van der Waals surface area (Å²) in [7, 11) is 0. The van der Waals surface area contributed by atoms with Gasteiger partial charge in [0.2, 0.25) is 0 Å². The van der Waals surface area contributed by atoms with Crippen molar-refractivity contribution in [3.63, 3.8) is 0 Å². The summed E-state index contributed by atoms with van der Waals surface area (Å²) in [6.07, 6.45) is 1.17. The number of hydrogen-bond acceptors (Lipinski definition) is 4. The van der Waals surface area contributed by atoms with Gasteiger partial charge < -0.3 is 9.84 Å². The molecule has 21 heavy (non-hydrogen) atoms. The molecule has 3 unspecified atom stereocenters. The fourth-order valence-corrected chi connectivity index (χ4v) is 2.09. The van der Waals surface area contributed by atoms with E-state index in [4.69, 9.17) is 9.84 Å². The smallest absolute Gasteiger partial charge is 0.324 e. The highest BCUT2D eigenvalue weighted by Crippen LogP contribution is 2.10. The van der Waals surface area contributed by atoms with Crippen LogP contribution in [0.4, 0.5) is 0 Å². The van der Waals surface area contributed by atoms with Gasteiger partial charge in [-0.25, -0.2) is 0 Å². The average Bonchev–Trinajstić information content (AvgIpc) is 2.43. The molecule has 0 spiro atoms. The first kappa shape index (κ1) is 17.9. The Bertz CT molecular complexity index is 464. The van der Waals surface area contributed by atoms with E-state index in [9.17, 15) is 9.59 Å². The Balaban J connectivity index is 2.66. The van der Waals surface area contributed by atoms with Gasteiger partial charge in [-0.1, -0.05) is 30.3 Å². The van der Waals surface area contributed by atoms with Crippen molar-refractivity contribution in [1.29, 1.82) is 0 Å². The van der Waals surface area contributed by atoms with Crippen LogP contribution in [0.25, 0.3) is 0 Å². The fourth-order valence-electron chi connectivity index (χ4n) is 1.84. The third kappa shape index (κ3) is 6.90. The van der Waals surface area contributed by atoms with Crippen molar-refractivity contribution in [1.82, 2.24) is 5.32 Å². The van der Waals surface area contributed by atoms with E-state index in [1.807, 2.05) is 52.9 Å². The highest BCUT2D eigenvalue weighted by Gasteiger charge is 2.25. The first-order valence-corrected chi connectivity index (χ1v) is 8.02. The van der Waals surface area contributed by atoms with E-state index < -0.39 is 24.0 Å². The third-order valence-corrected chi connectivity index (χ3v) is 3.20. The molecule has 116 valence electrons. The molecule has 0 amide bonds. The summed E-state index contributed by atoms with van der Waals surface area (Å²) in [6, 6.07) is 8.31. The number of carbonyl (C=O) groups is 2. The van der Waals surface area contributed by atoms with Crippen molar-refractivity contribution in [3.8, 4) is 0 Å². The lowest BCUT2D eigenvalue weighted by Gasteiger charge is -2.21. The fraction of sp³-hybridized carbons (Fsp3) is 0.467. The van der Waals surface area contributed by atoms with E-state index in [1.165, 1.54) is 6.92 Å². The van der Waals surface area contributed by atoms with Gasteiger partial charge in [-0.2, -0.15) is 0 Å². The van der Waals surface area contributed by atoms with Crippen molar-refractivity contribution in [2.75, 3.05) is 0 Å². The van der Waals surface area contributed by atoms with Crippen LogP contribution in [0.3, 0.4) is 0 Å². The molecule has 1 aromatic carbocycles. The molecular weight excluding hydrogens is 385 g/mol. The average molecular weight is 405 g/mol. The van der Waals surface area contributed by atoms with E-state index in [2.05, 4.69) is 5.32 Å². The summed E-state index contributed by atoms with van der Waals surface area (Å²) < 4.78 is 4.92. The third-order valence-electron chi connectivity index (χ3n) is 2.95. The van der Waals surface area contributed by atoms with Crippen molar-refractivity contribution >= 4 is 34.5 Å². The van der Waals surface area contributed by atoms with E-state index in [-0.39, 0.29) is 4.11 Å². The number of hydrogen-bond donors (Lipinski definition) is 2. The number of carboxylic acid groups (broad SMARTS) is 1. The van der Waals surface area contributed by atoms with Gasteiger partial charge in [-0.3, -0.25) is 14.9 Å². The van der Waals surface area contributed by atoms with Gasteiger partial charge in [0.25, 0.3) is 0 Å². The summed E-state index contributed by atoms with van der Waals surface area (Å²) in [5.41, 5.74) is 1.10. The molecular formula is C15H20INO4. The molecule has 0 aliphatic heterocycles. The summed E-state index contributed by atoms with van der Waals surface area (Å²) in [4.78, 5) is 23.0. The van der Waals surface area contributed by atoms with E-state index >= 15 is 0 Å². The second-order valence-corrected chi connectivity index (χ2v) is 6.54. The number of carbonyl (C=O) groups excluding carboxylic acids is 1. The zero-order valence-corrected chi connectivity index (χ0v) is 14.2. The van der Waals surface area contributed by atoms with Gasteiger partial charge in [0, 0.05) is 0 Å². The summed E-state index contributed by atoms with van der Waals surface area (Å²) in [5, 5.41) is 11.8. The molecule has 0 aliphatic carbocycles. The van der Waals surface area contributed by atoms with Gasteiger partial charge >= 0.3 is 11.9 Å². The van der Waals surface area contributed by atoms with Crippen molar-refractivity contribution in [3.05, 3.63) is 35.9 Å². The van der Waals surface area contributed by atoms with Crippen LogP contribution in [0.15, 0.2) is 30.3 Å². The van der Waals surface area contributed by atoms with Crippen LogP contribution in [-0.2, 0) is 20.7 Å². The second kappa shape index (κ2) is 8.99. The highest BCUT2D eigenvalue weighted by molar-refractivity contribution is 14.1. The van der Waals surface area contributed by atoms with Crippen molar-refractivity contribution in [2.24, 2.45) is 0 Å². The van der Waals surface area contributed by atoms with Crippen LogP contribution in [-0.4, -0.2) is 33.2 Å². The number of ether oxygens (including phenoxy) is 1. The number of nitrogens with one attached hydrogen (secondary N) is 1. The Labute approximate surface area is 138 Å². The lowest BCUT2D eigenvalue weighted by Crippen LogP contribution is -2.46. The van der Waals surface area contributed by atoms with Gasteiger partial charge in [-0.15, -0.1) is 0 Å². The predicted octanol–water partition coefficient (Wildman–Crippen LogP) is 2.37. The molecule has 0 radical (unpaired) electrons. The number of alkyl halides is 1. The molecule has 0 saturated heterocycles. The maximum absolute atomic E-state index is 12.1. The molecule has 0 heterocycles. The molecule has 0 saturated carbocycles. The van der Waals surface area contributed by atoms with Gasteiger partial charge in [0.15, 0.2) is 0 Å². The predicted molar refractivity (Wildman–Crippen MR) is 88.4 cm³/mol. The standard InChI is InChI=1S/C15H20INO4/c1-10(14(18)19)17-13(15(20)21-11(2)16)9-8-12-6-4-3-5-7-12/h3-7,10-11,13,17H,8-9H2,1-2H3,(H,18,19). The molecule has 2 N–H and O–H groups in total.